The van der Waals surface area contributed by atoms with Crippen molar-refractivity contribution in [1.29, 1.82) is 0 Å². The quantitative estimate of drug-likeness (QED) is 0.331. The SMILES string of the molecule is CC1[C-]=Cc2ccccc21.Cc1c[c-](C)c(C)c1C.[Cl-].[Cl-].[Hf+4]. The minimum absolute atomic E-state index is 0. The Hall–Kier alpha value is -0.240. The summed E-state index contributed by atoms with van der Waals surface area (Å²) >= 11 is 0. The largest absolute Gasteiger partial charge is 4.00 e. The predicted octanol–water partition coefficient (Wildman–Crippen LogP) is -0.735. The number of aryl methyl sites for hydroxylation is 2. The summed E-state index contributed by atoms with van der Waals surface area (Å²) in [6, 6.07) is 10.7. The van der Waals surface area contributed by atoms with E-state index in [0.717, 1.165) is 0 Å². The van der Waals surface area contributed by atoms with Crippen LogP contribution >= 0.6 is 0 Å². The summed E-state index contributed by atoms with van der Waals surface area (Å²) in [7, 11) is 0. The molecule has 22 heavy (non-hydrogen) atoms. The van der Waals surface area contributed by atoms with Crippen molar-refractivity contribution in [3.8, 4) is 0 Å². The van der Waals surface area contributed by atoms with Crippen LogP contribution in [0.25, 0.3) is 6.08 Å². The smallest absolute Gasteiger partial charge is 1.00 e. The molecule has 2 aromatic rings. The second kappa shape index (κ2) is 10.5. The first-order valence-electron chi connectivity index (χ1n) is 6.89. The Balaban J connectivity index is 0. The van der Waals surface area contributed by atoms with Gasteiger partial charge in [0.2, 0.25) is 0 Å². The third kappa shape index (κ3) is 5.44. The van der Waals surface area contributed by atoms with Crippen molar-refractivity contribution in [2.24, 2.45) is 0 Å². The van der Waals surface area contributed by atoms with Crippen molar-refractivity contribution in [3.63, 3.8) is 0 Å². The first kappa shape index (κ1) is 24.0. The summed E-state index contributed by atoms with van der Waals surface area (Å²) in [5.41, 5.74) is 8.48. The molecule has 0 nitrogen and oxygen atoms in total. The van der Waals surface area contributed by atoms with Crippen molar-refractivity contribution in [2.45, 2.75) is 40.5 Å². The molecule has 0 heterocycles. The molecule has 1 atom stereocenters. The van der Waals surface area contributed by atoms with Crippen molar-refractivity contribution in [1.82, 2.24) is 0 Å². The van der Waals surface area contributed by atoms with Gasteiger partial charge in [0.05, 0.1) is 0 Å². The van der Waals surface area contributed by atoms with E-state index >= 15 is 0 Å². The molecule has 0 amide bonds. The van der Waals surface area contributed by atoms with E-state index in [2.05, 4.69) is 77.1 Å². The van der Waals surface area contributed by atoms with Gasteiger partial charge in [-0.2, -0.15) is 33.9 Å². The van der Waals surface area contributed by atoms with Crippen LogP contribution in [-0.4, -0.2) is 0 Å². The minimum Gasteiger partial charge on any atom is -1.00 e. The van der Waals surface area contributed by atoms with Crippen LogP contribution in [0.5, 0.6) is 0 Å². The van der Waals surface area contributed by atoms with Crippen molar-refractivity contribution >= 4 is 6.08 Å². The summed E-state index contributed by atoms with van der Waals surface area (Å²) in [5.74, 6) is 0.496. The molecule has 1 unspecified atom stereocenters. The molecule has 116 valence electrons. The van der Waals surface area contributed by atoms with Crippen molar-refractivity contribution in [3.05, 3.63) is 69.8 Å². The average Bonchev–Trinajstić information content (AvgIpc) is 2.88. The molecule has 1 aliphatic rings. The molecule has 0 fully saturated rings. The van der Waals surface area contributed by atoms with Gasteiger partial charge in [-0.3, -0.25) is 6.08 Å². The van der Waals surface area contributed by atoms with Gasteiger partial charge in [0.15, 0.2) is 0 Å². The Morgan fingerprint density at radius 3 is 2.05 bits per heavy atom. The van der Waals surface area contributed by atoms with Crippen molar-refractivity contribution < 1.29 is 50.7 Å². The Kier molecular flexibility index (Phi) is 11.5. The summed E-state index contributed by atoms with van der Waals surface area (Å²) in [5, 5.41) is 0. The van der Waals surface area contributed by atoms with Crippen LogP contribution in [0.2, 0.25) is 0 Å². The van der Waals surface area contributed by atoms with Crippen LogP contribution < -0.4 is 24.8 Å². The molecule has 0 aliphatic heterocycles. The molecule has 0 radical (unpaired) electrons. The summed E-state index contributed by atoms with van der Waals surface area (Å²) in [6.07, 6.45) is 5.33. The van der Waals surface area contributed by atoms with E-state index in [9.17, 15) is 0 Å². The Labute approximate surface area is 166 Å². The fourth-order valence-electron chi connectivity index (χ4n) is 2.47. The monoisotopic (exact) mass is 500 g/mol. The van der Waals surface area contributed by atoms with Gasteiger partial charge >= 0.3 is 25.8 Å². The van der Waals surface area contributed by atoms with Gasteiger partial charge in [0.1, 0.15) is 0 Å². The normalized spacial score (nSPS) is 13.8. The van der Waals surface area contributed by atoms with Gasteiger partial charge in [0.25, 0.3) is 0 Å². The molecule has 0 N–H and O–H groups in total. The van der Waals surface area contributed by atoms with E-state index < -0.39 is 0 Å². The van der Waals surface area contributed by atoms with Gasteiger partial charge in [0, 0.05) is 0 Å². The molecular weight excluding hydrogens is 478 g/mol. The third-order valence-electron chi connectivity index (χ3n) is 4.13. The Morgan fingerprint density at radius 1 is 1.05 bits per heavy atom. The van der Waals surface area contributed by atoms with Crippen LogP contribution in [0, 0.1) is 33.8 Å². The first-order valence-corrected chi connectivity index (χ1v) is 6.89. The van der Waals surface area contributed by atoms with Gasteiger partial charge in [-0.15, -0.1) is 11.6 Å². The zero-order valence-electron chi connectivity index (χ0n) is 13.8. The molecule has 0 spiro atoms. The molecule has 0 saturated carbocycles. The van der Waals surface area contributed by atoms with E-state index in [1.807, 2.05) is 0 Å². The maximum atomic E-state index is 3.26. The maximum Gasteiger partial charge on any atom is 4.00 e. The summed E-state index contributed by atoms with van der Waals surface area (Å²) < 4.78 is 0. The van der Waals surface area contributed by atoms with Gasteiger partial charge in [-0.05, 0) is 0 Å². The average molecular weight is 500 g/mol. The molecule has 0 saturated heterocycles. The van der Waals surface area contributed by atoms with Crippen LogP contribution in [0.4, 0.5) is 0 Å². The second-order valence-electron chi connectivity index (χ2n) is 5.42. The van der Waals surface area contributed by atoms with Gasteiger partial charge in [-0.1, -0.05) is 58.7 Å². The minimum atomic E-state index is 0. The summed E-state index contributed by atoms with van der Waals surface area (Å²) in [6.45, 7) is 10.8. The van der Waals surface area contributed by atoms with Gasteiger partial charge in [-0.25, -0.2) is 6.08 Å². The van der Waals surface area contributed by atoms with Crippen LogP contribution in [-0.2, 0) is 25.8 Å². The predicted molar refractivity (Wildman–Crippen MR) is 83.5 cm³/mol. The van der Waals surface area contributed by atoms with E-state index in [1.165, 1.54) is 33.4 Å². The van der Waals surface area contributed by atoms with E-state index in [1.54, 1.807) is 0 Å². The molecule has 2 aromatic carbocycles. The maximum absolute atomic E-state index is 3.26. The topological polar surface area (TPSA) is 0 Å². The van der Waals surface area contributed by atoms with Crippen molar-refractivity contribution in [2.75, 3.05) is 0 Å². The number of hydrogen-bond donors (Lipinski definition) is 0. The molecule has 0 bridgehead atoms. The molecular formula is C19H22Cl2Hf. The molecule has 3 heteroatoms. The molecule has 3 rings (SSSR count). The fourth-order valence-corrected chi connectivity index (χ4v) is 2.47. The fraction of sp³-hybridized carbons (Fsp3) is 0.316. The number of hydrogen-bond acceptors (Lipinski definition) is 0. The third-order valence-corrected chi connectivity index (χ3v) is 4.13. The van der Waals surface area contributed by atoms with Crippen LogP contribution in [0.3, 0.4) is 0 Å². The second-order valence-corrected chi connectivity index (χ2v) is 5.42. The number of fused-ring (bicyclic) bond motifs is 1. The summed E-state index contributed by atoms with van der Waals surface area (Å²) in [4.78, 5) is 0. The van der Waals surface area contributed by atoms with E-state index in [4.69, 9.17) is 0 Å². The van der Waals surface area contributed by atoms with Crippen LogP contribution in [0.15, 0.2) is 30.3 Å². The van der Waals surface area contributed by atoms with Gasteiger partial charge < -0.3 is 24.8 Å². The molecule has 0 aromatic heterocycles. The molecule has 1 aliphatic carbocycles. The number of benzene rings is 1. The van der Waals surface area contributed by atoms with E-state index in [0.29, 0.717) is 5.92 Å². The number of halogens is 2. The first-order chi connectivity index (χ1) is 9.00. The number of rotatable bonds is 0. The zero-order valence-corrected chi connectivity index (χ0v) is 18.9. The van der Waals surface area contributed by atoms with Crippen LogP contribution in [0.1, 0.15) is 46.2 Å². The Bertz CT molecular complexity index is 589. The number of allylic oxidation sites excluding steroid dienone is 1. The van der Waals surface area contributed by atoms with E-state index in [-0.39, 0.29) is 50.7 Å². The standard InChI is InChI=1S/C10H9.C9H13.2ClH.Hf/c1-8-6-7-9-4-2-3-5-10(8)9;1-6-5-7(2)9(4)8(6)3;;;/h2-5,7-8H,1H3;5H,1-4H3;2*1H;/q2*-1;;;+4/p-2. The Morgan fingerprint density at radius 2 is 1.64 bits per heavy atom. The zero-order chi connectivity index (χ0) is 14.0.